The molecule has 3 nitrogen and oxygen atoms in total. The first kappa shape index (κ1) is 15.3. The summed E-state index contributed by atoms with van der Waals surface area (Å²) >= 11 is 4.02. The molecule has 0 aromatic heterocycles. The Kier molecular flexibility index (Phi) is 5.14. The average Bonchev–Trinajstić information content (AvgIpc) is 2.55. The van der Waals surface area contributed by atoms with Gasteiger partial charge in [-0.05, 0) is 42.5 Å². The smallest absolute Gasteiger partial charge is 0.254 e. The third-order valence-electron chi connectivity index (χ3n) is 3.79. The van der Waals surface area contributed by atoms with Crippen molar-refractivity contribution < 1.29 is 9.53 Å². The Hall–Kier alpha value is -0.650. The van der Waals surface area contributed by atoms with E-state index in [-0.39, 0.29) is 12.0 Å². The summed E-state index contributed by atoms with van der Waals surface area (Å²) in [5, 5.41) is 0. The van der Waals surface area contributed by atoms with E-state index in [4.69, 9.17) is 4.74 Å². The number of carbonyl (C=O) groups is 1. The Balaban J connectivity index is 1.67. The Morgan fingerprint density at radius 2 is 1.95 bits per heavy atom. The second-order valence-electron chi connectivity index (χ2n) is 5.48. The highest BCUT2D eigenvalue weighted by Gasteiger charge is 2.23. The molecule has 1 aromatic rings. The van der Waals surface area contributed by atoms with Gasteiger partial charge < -0.3 is 9.64 Å². The molecule has 0 N–H and O–H groups in total. The van der Waals surface area contributed by atoms with Gasteiger partial charge in [-0.15, -0.1) is 23.5 Å². The number of hydrogen-bond acceptors (Lipinski definition) is 4. The van der Waals surface area contributed by atoms with Crippen molar-refractivity contribution in [1.29, 1.82) is 0 Å². The summed E-state index contributed by atoms with van der Waals surface area (Å²) in [5.74, 6) is 2.61. The fourth-order valence-corrected chi connectivity index (χ4v) is 5.54. The molecule has 1 unspecified atom stereocenters. The van der Waals surface area contributed by atoms with Crippen molar-refractivity contribution in [2.45, 2.75) is 24.0 Å². The lowest BCUT2D eigenvalue weighted by molar-refractivity contribution is -0.0124. The van der Waals surface area contributed by atoms with Gasteiger partial charge in [-0.25, -0.2) is 0 Å². The zero-order valence-electron chi connectivity index (χ0n) is 12.3. The zero-order chi connectivity index (χ0) is 14.7. The van der Waals surface area contributed by atoms with Crippen LogP contribution in [0.15, 0.2) is 24.3 Å². The van der Waals surface area contributed by atoms with Crippen LogP contribution in [0.25, 0.3) is 0 Å². The van der Waals surface area contributed by atoms with Crippen LogP contribution in [0, 0.1) is 0 Å². The van der Waals surface area contributed by atoms with Gasteiger partial charge >= 0.3 is 0 Å². The quantitative estimate of drug-likeness (QED) is 0.834. The van der Waals surface area contributed by atoms with Crippen molar-refractivity contribution in [2.24, 2.45) is 0 Å². The van der Waals surface area contributed by atoms with Crippen LogP contribution in [0.2, 0.25) is 0 Å². The molecule has 0 spiro atoms. The molecule has 5 heteroatoms. The molecular weight excluding hydrogens is 302 g/mol. The van der Waals surface area contributed by atoms with E-state index in [2.05, 4.69) is 12.1 Å². The molecular formula is C16H21NO2S2. The van der Waals surface area contributed by atoms with Gasteiger partial charge in [0.1, 0.15) is 0 Å². The van der Waals surface area contributed by atoms with Crippen LogP contribution in [0.3, 0.4) is 0 Å². The van der Waals surface area contributed by atoms with Crippen LogP contribution in [-0.4, -0.2) is 48.1 Å². The van der Waals surface area contributed by atoms with Crippen LogP contribution < -0.4 is 0 Å². The molecule has 1 amide bonds. The highest BCUT2D eigenvalue weighted by molar-refractivity contribution is 8.16. The van der Waals surface area contributed by atoms with Crippen molar-refractivity contribution in [1.82, 2.24) is 4.90 Å². The van der Waals surface area contributed by atoms with E-state index in [9.17, 15) is 4.79 Å². The van der Waals surface area contributed by atoms with E-state index in [0.717, 1.165) is 5.56 Å². The number of rotatable bonds is 2. The molecule has 21 heavy (non-hydrogen) atoms. The maximum absolute atomic E-state index is 12.5. The number of amides is 1. The highest BCUT2D eigenvalue weighted by Crippen LogP contribution is 2.43. The van der Waals surface area contributed by atoms with Crippen LogP contribution >= 0.6 is 23.5 Å². The summed E-state index contributed by atoms with van der Waals surface area (Å²) in [4.78, 5) is 14.4. The Labute approximate surface area is 134 Å². The molecule has 1 aromatic carbocycles. The van der Waals surface area contributed by atoms with Crippen molar-refractivity contribution >= 4 is 29.4 Å². The third kappa shape index (κ3) is 3.76. The Morgan fingerprint density at radius 3 is 2.62 bits per heavy atom. The van der Waals surface area contributed by atoms with Crippen LogP contribution in [0.5, 0.6) is 0 Å². The third-order valence-corrected chi connectivity index (χ3v) is 6.80. The second kappa shape index (κ2) is 7.07. The number of thioether (sulfide) groups is 2. The number of nitrogens with zero attached hydrogens (tertiary/aromatic N) is 1. The van der Waals surface area contributed by atoms with E-state index < -0.39 is 0 Å². The summed E-state index contributed by atoms with van der Waals surface area (Å²) in [6, 6.07) is 8.20. The number of carbonyl (C=O) groups excluding carboxylic acids is 1. The molecule has 0 saturated carbocycles. The first-order valence-corrected chi connectivity index (χ1v) is 9.58. The van der Waals surface area contributed by atoms with Crippen molar-refractivity contribution in [2.75, 3.05) is 31.2 Å². The van der Waals surface area contributed by atoms with E-state index in [0.29, 0.717) is 24.3 Å². The largest absolute Gasteiger partial charge is 0.375 e. The first-order valence-electron chi connectivity index (χ1n) is 7.48. The van der Waals surface area contributed by atoms with Gasteiger partial charge in [0.15, 0.2) is 0 Å². The summed E-state index contributed by atoms with van der Waals surface area (Å²) < 4.78 is 6.03. The van der Waals surface area contributed by atoms with E-state index in [1.165, 1.54) is 23.5 Å². The molecule has 1 atom stereocenters. The number of morpholine rings is 1. The van der Waals surface area contributed by atoms with Gasteiger partial charge in [-0.2, -0.15) is 0 Å². The summed E-state index contributed by atoms with van der Waals surface area (Å²) in [5.41, 5.74) is 2.12. The lowest BCUT2D eigenvalue weighted by Crippen LogP contribution is -2.44. The van der Waals surface area contributed by atoms with E-state index in [1.54, 1.807) is 0 Å². The Morgan fingerprint density at radius 1 is 1.24 bits per heavy atom. The van der Waals surface area contributed by atoms with Gasteiger partial charge in [0.25, 0.3) is 5.91 Å². The molecule has 2 heterocycles. The zero-order valence-corrected chi connectivity index (χ0v) is 13.9. The van der Waals surface area contributed by atoms with Crippen molar-refractivity contribution in [3.8, 4) is 0 Å². The topological polar surface area (TPSA) is 29.5 Å². The van der Waals surface area contributed by atoms with E-state index >= 15 is 0 Å². The van der Waals surface area contributed by atoms with Gasteiger partial charge in [0.05, 0.1) is 17.3 Å². The fourth-order valence-electron chi connectivity index (χ4n) is 2.65. The lowest BCUT2D eigenvalue weighted by Gasteiger charge is -2.31. The SMILES string of the molecule is CC1CN(C(=O)c2ccc(C3SCCCS3)cc2)CCO1. The molecule has 0 radical (unpaired) electrons. The molecule has 114 valence electrons. The predicted octanol–water partition coefficient (Wildman–Crippen LogP) is 3.42. The minimum atomic E-state index is 0.126. The van der Waals surface area contributed by atoms with E-state index in [1.807, 2.05) is 47.5 Å². The lowest BCUT2D eigenvalue weighted by atomic mass is 10.1. The molecule has 0 aliphatic carbocycles. The molecule has 0 bridgehead atoms. The molecule has 2 saturated heterocycles. The number of ether oxygens (including phenoxy) is 1. The first-order chi connectivity index (χ1) is 10.2. The maximum atomic E-state index is 12.5. The minimum absolute atomic E-state index is 0.126. The van der Waals surface area contributed by atoms with Crippen LogP contribution in [0.4, 0.5) is 0 Å². The Bertz CT molecular complexity index is 486. The summed E-state index contributed by atoms with van der Waals surface area (Å²) in [6.45, 7) is 4.04. The fraction of sp³-hybridized carbons (Fsp3) is 0.562. The highest BCUT2D eigenvalue weighted by atomic mass is 32.2. The van der Waals surface area contributed by atoms with Crippen LogP contribution in [0.1, 0.15) is 33.8 Å². The predicted molar refractivity (Wildman–Crippen MR) is 90.0 cm³/mol. The normalized spacial score (nSPS) is 24.0. The molecule has 2 fully saturated rings. The van der Waals surface area contributed by atoms with Gasteiger partial charge in [0.2, 0.25) is 0 Å². The maximum Gasteiger partial charge on any atom is 0.254 e. The number of benzene rings is 1. The average molecular weight is 323 g/mol. The number of hydrogen-bond donors (Lipinski definition) is 0. The van der Waals surface area contributed by atoms with Gasteiger partial charge in [-0.3, -0.25) is 4.79 Å². The van der Waals surface area contributed by atoms with Crippen molar-refractivity contribution in [3.05, 3.63) is 35.4 Å². The minimum Gasteiger partial charge on any atom is -0.375 e. The molecule has 2 aliphatic rings. The van der Waals surface area contributed by atoms with Gasteiger partial charge in [0, 0.05) is 18.7 Å². The molecule has 2 aliphatic heterocycles. The second-order valence-corrected chi connectivity index (χ2v) is 8.21. The van der Waals surface area contributed by atoms with Crippen LogP contribution in [-0.2, 0) is 4.74 Å². The molecule has 3 rings (SSSR count). The van der Waals surface area contributed by atoms with Crippen molar-refractivity contribution in [3.63, 3.8) is 0 Å². The monoisotopic (exact) mass is 323 g/mol. The standard InChI is InChI=1S/C16H21NO2S2/c1-12-11-17(7-8-19-12)15(18)13-3-5-14(6-4-13)16-20-9-2-10-21-16/h3-6,12,16H,2,7-11H2,1H3. The summed E-state index contributed by atoms with van der Waals surface area (Å²) in [6.07, 6.45) is 1.44. The van der Waals surface area contributed by atoms with Gasteiger partial charge in [-0.1, -0.05) is 12.1 Å². The summed E-state index contributed by atoms with van der Waals surface area (Å²) in [7, 11) is 0.